The fraction of sp³-hybridized carbons (Fsp3) is 0.0714. The Morgan fingerprint density at radius 1 is 1.24 bits per heavy atom. The Bertz CT molecular complexity index is 729. The van der Waals surface area contributed by atoms with Gasteiger partial charge in [-0.3, -0.25) is 10.1 Å². The van der Waals surface area contributed by atoms with Crippen LogP contribution in [0.5, 0.6) is 11.5 Å². The molecule has 21 heavy (non-hydrogen) atoms. The number of aromatic carboxylic acids is 1. The van der Waals surface area contributed by atoms with Crippen molar-refractivity contribution < 1.29 is 24.0 Å². The highest BCUT2D eigenvalue weighted by Crippen LogP contribution is 2.30. The maximum absolute atomic E-state index is 13.0. The Kier molecular flexibility index (Phi) is 3.84. The van der Waals surface area contributed by atoms with Crippen molar-refractivity contribution in [1.82, 2.24) is 0 Å². The van der Waals surface area contributed by atoms with Gasteiger partial charge in [-0.1, -0.05) is 0 Å². The molecule has 0 radical (unpaired) electrons. The molecule has 0 bridgehead atoms. The molecule has 6 nitrogen and oxygen atoms in total. The summed E-state index contributed by atoms with van der Waals surface area (Å²) in [4.78, 5) is 21.1. The van der Waals surface area contributed by atoms with E-state index < -0.39 is 16.7 Å². The third kappa shape index (κ3) is 3.14. The molecule has 0 spiro atoms. The van der Waals surface area contributed by atoms with Gasteiger partial charge in [0.05, 0.1) is 4.92 Å². The molecule has 2 aromatic rings. The van der Waals surface area contributed by atoms with Crippen molar-refractivity contribution in [2.45, 2.75) is 6.92 Å². The van der Waals surface area contributed by atoms with Crippen LogP contribution in [0.3, 0.4) is 0 Å². The molecule has 0 heterocycles. The number of aryl methyl sites for hydroxylation is 1. The molecule has 0 saturated heterocycles. The van der Waals surface area contributed by atoms with E-state index in [-0.39, 0.29) is 22.7 Å². The van der Waals surface area contributed by atoms with Crippen molar-refractivity contribution in [3.63, 3.8) is 0 Å². The van der Waals surface area contributed by atoms with Crippen LogP contribution in [0.25, 0.3) is 0 Å². The molecule has 0 atom stereocenters. The number of hydrogen-bond acceptors (Lipinski definition) is 4. The number of non-ortho nitro benzene ring substituents is 1. The van der Waals surface area contributed by atoms with E-state index >= 15 is 0 Å². The lowest BCUT2D eigenvalue weighted by Gasteiger charge is -2.10. The van der Waals surface area contributed by atoms with E-state index in [1.807, 2.05) is 0 Å². The highest BCUT2D eigenvalue weighted by atomic mass is 19.1. The van der Waals surface area contributed by atoms with Crippen LogP contribution in [0.1, 0.15) is 15.9 Å². The van der Waals surface area contributed by atoms with Crippen LogP contribution in [0.4, 0.5) is 10.1 Å². The van der Waals surface area contributed by atoms with Gasteiger partial charge in [0.25, 0.3) is 5.69 Å². The summed E-state index contributed by atoms with van der Waals surface area (Å²) in [6.45, 7) is 1.60. The normalized spacial score (nSPS) is 10.2. The first-order valence-corrected chi connectivity index (χ1v) is 5.84. The Hall–Kier alpha value is -2.96. The van der Waals surface area contributed by atoms with Gasteiger partial charge in [-0.2, -0.15) is 0 Å². The molecule has 0 saturated carbocycles. The van der Waals surface area contributed by atoms with Crippen molar-refractivity contribution in [2.24, 2.45) is 0 Å². The highest BCUT2D eigenvalue weighted by Gasteiger charge is 2.18. The fourth-order valence-electron chi connectivity index (χ4n) is 1.73. The van der Waals surface area contributed by atoms with E-state index in [4.69, 9.17) is 9.84 Å². The average Bonchev–Trinajstić information content (AvgIpc) is 2.41. The van der Waals surface area contributed by atoms with Crippen LogP contribution in [0.2, 0.25) is 0 Å². The largest absolute Gasteiger partial charge is 0.478 e. The number of nitro groups is 1. The number of ether oxygens (including phenoxy) is 1. The van der Waals surface area contributed by atoms with Gasteiger partial charge < -0.3 is 9.84 Å². The first kappa shape index (κ1) is 14.4. The summed E-state index contributed by atoms with van der Waals surface area (Å²) in [6, 6.07) is 7.02. The molecule has 0 unspecified atom stereocenters. The van der Waals surface area contributed by atoms with Crippen LogP contribution >= 0.6 is 0 Å². The third-order valence-corrected chi connectivity index (χ3v) is 2.76. The number of benzene rings is 2. The Morgan fingerprint density at radius 3 is 2.48 bits per heavy atom. The van der Waals surface area contributed by atoms with E-state index in [0.717, 1.165) is 12.1 Å². The topological polar surface area (TPSA) is 89.7 Å². The zero-order chi connectivity index (χ0) is 15.6. The van der Waals surface area contributed by atoms with Crippen LogP contribution < -0.4 is 4.74 Å². The third-order valence-electron chi connectivity index (χ3n) is 2.76. The standard InChI is InChI=1S/C14H10FNO5/c1-8-6-9(15)2-4-12(8)21-13-5-3-10(16(19)20)7-11(13)14(17)18/h2-7H,1H3,(H,17,18). The van der Waals surface area contributed by atoms with Crippen molar-refractivity contribution in [1.29, 1.82) is 0 Å². The molecular weight excluding hydrogens is 281 g/mol. The molecule has 0 aliphatic carbocycles. The summed E-state index contributed by atoms with van der Waals surface area (Å²) in [6.07, 6.45) is 0. The molecule has 7 heteroatoms. The van der Waals surface area contributed by atoms with Crippen LogP contribution in [-0.2, 0) is 0 Å². The van der Waals surface area contributed by atoms with Crippen molar-refractivity contribution in [3.05, 3.63) is 63.5 Å². The molecule has 2 rings (SSSR count). The predicted octanol–water partition coefficient (Wildman–Crippen LogP) is 3.53. The molecule has 0 aliphatic rings. The highest BCUT2D eigenvalue weighted by molar-refractivity contribution is 5.91. The second-order valence-corrected chi connectivity index (χ2v) is 4.25. The summed E-state index contributed by atoms with van der Waals surface area (Å²) in [5, 5.41) is 19.8. The Morgan fingerprint density at radius 2 is 1.90 bits per heavy atom. The average molecular weight is 291 g/mol. The van der Waals surface area contributed by atoms with E-state index in [0.29, 0.717) is 5.56 Å². The number of nitrogens with zero attached hydrogens (tertiary/aromatic N) is 1. The number of carboxylic acids is 1. The van der Waals surface area contributed by atoms with Gasteiger partial charge in [-0.05, 0) is 36.8 Å². The molecule has 0 amide bonds. The number of carboxylic acid groups (broad SMARTS) is 1. The molecule has 0 aliphatic heterocycles. The molecule has 2 aromatic carbocycles. The monoisotopic (exact) mass is 291 g/mol. The lowest BCUT2D eigenvalue weighted by Crippen LogP contribution is -2.02. The number of halogens is 1. The molecule has 1 N–H and O–H groups in total. The number of nitro benzene ring substituents is 1. The fourth-order valence-corrected chi connectivity index (χ4v) is 1.73. The zero-order valence-electron chi connectivity index (χ0n) is 10.9. The smallest absolute Gasteiger partial charge is 0.339 e. The second kappa shape index (κ2) is 5.58. The van der Waals surface area contributed by atoms with E-state index in [2.05, 4.69) is 0 Å². The lowest BCUT2D eigenvalue weighted by molar-refractivity contribution is -0.384. The molecular formula is C14H10FNO5. The maximum atomic E-state index is 13.0. The van der Waals surface area contributed by atoms with E-state index in [1.54, 1.807) is 6.92 Å². The number of hydrogen-bond donors (Lipinski definition) is 1. The van der Waals surface area contributed by atoms with E-state index in [9.17, 15) is 19.3 Å². The second-order valence-electron chi connectivity index (χ2n) is 4.25. The summed E-state index contributed by atoms with van der Waals surface area (Å²) >= 11 is 0. The first-order valence-electron chi connectivity index (χ1n) is 5.84. The van der Waals surface area contributed by atoms with Crippen molar-refractivity contribution >= 4 is 11.7 Å². The van der Waals surface area contributed by atoms with Crippen molar-refractivity contribution in [2.75, 3.05) is 0 Å². The van der Waals surface area contributed by atoms with Crippen molar-refractivity contribution in [3.8, 4) is 11.5 Å². The maximum Gasteiger partial charge on any atom is 0.339 e. The van der Waals surface area contributed by atoms with Gasteiger partial charge >= 0.3 is 5.97 Å². The first-order chi connectivity index (χ1) is 9.88. The van der Waals surface area contributed by atoms with Gasteiger partial charge in [-0.15, -0.1) is 0 Å². The van der Waals surface area contributed by atoms with Gasteiger partial charge in [0, 0.05) is 12.1 Å². The minimum Gasteiger partial charge on any atom is -0.478 e. The minimum absolute atomic E-state index is 0.0530. The van der Waals surface area contributed by atoms with Gasteiger partial charge in [0.15, 0.2) is 0 Å². The summed E-state index contributed by atoms with van der Waals surface area (Å²) in [7, 11) is 0. The Balaban J connectivity index is 2.44. The molecule has 0 fully saturated rings. The summed E-state index contributed by atoms with van der Waals surface area (Å²) < 4.78 is 18.4. The number of rotatable bonds is 4. The predicted molar refractivity (Wildman–Crippen MR) is 71.3 cm³/mol. The summed E-state index contributed by atoms with van der Waals surface area (Å²) in [5.41, 5.74) is -0.215. The Labute approximate surface area is 118 Å². The zero-order valence-corrected chi connectivity index (χ0v) is 10.9. The van der Waals surface area contributed by atoms with Gasteiger partial charge in [0.2, 0.25) is 0 Å². The SMILES string of the molecule is Cc1cc(F)ccc1Oc1ccc([N+](=O)[O-])cc1C(=O)O. The molecule has 0 aromatic heterocycles. The van der Waals surface area contributed by atoms with Crippen LogP contribution in [0, 0.1) is 22.9 Å². The summed E-state index contributed by atoms with van der Waals surface area (Å²) in [5.74, 6) is -1.58. The van der Waals surface area contributed by atoms with Crippen LogP contribution in [-0.4, -0.2) is 16.0 Å². The van der Waals surface area contributed by atoms with E-state index in [1.165, 1.54) is 24.3 Å². The lowest BCUT2D eigenvalue weighted by atomic mass is 10.1. The van der Waals surface area contributed by atoms with Gasteiger partial charge in [0.1, 0.15) is 22.9 Å². The molecule has 108 valence electrons. The number of carbonyl (C=O) groups is 1. The quantitative estimate of drug-likeness (QED) is 0.687. The van der Waals surface area contributed by atoms with Gasteiger partial charge in [-0.25, -0.2) is 9.18 Å². The minimum atomic E-state index is -1.35. The van der Waals surface area contributed by atoms with Crippen LogP contribution in [0.15, 0.2) is 36.4 Å².